The third kappa shape index (κ3) is 10.5. The van der Waals surface area contributed by atoms with Gasteiger partial charge in [0.25, 0.3) is 0 Å². The van der Waals surface area contributed by atoms with Gasteiger partial charge in [0.1, 0.15) is 5.75 Å². The molecule has 1 saturated heterocycles. The number of rotatable bonds is 18. The van der Waals surface area contributed by atoms with Crippen molar-refractivity contribution in [1.29, 1.82) is 0 Å². The molecule has 2 aromatic rings. The van der Waals surface area contributed by atoms with E-state index < -0.39 is 0 Å². The Morgan fingerprint density at radius 1 is 0.750 bits per heavy atom. The summed E-state index contributed by atoms with van der Waals surface area (Å²) >= 11 is 0. The molecule has 198 valence electrons. The van der Waals surface area contributed by atoms with Crippen LogP contribution >= 0.6 is 0 Å². The van der Waals surface area contributed by atoms with Gasteiger partial charge in [-0.2, -0.15) is 0 Å². The number of hydrogen-bond acceptors (Lipinski definition) is 3. The highest BCUT2D eigenvalue weighted by Crippen LogP contribution is 2.30. The van der Waals surface area contributed by atoms with Crippen molar-refractivity contribution < 1.29 is 14.2 Å². The van der Waals surface area contributed by atoms with Gasteiger partial charge in [0.2, 0.25) is 0 Å². The molecule has 3 heteroatoms. The van der Waals surface area contributed by atoms with Crippen LogP contribution in [0, 0.1) is 5.92 Å². The summed E-state index contributed by atoms with van der Waals surface area (Å²) in [5, 5.41) is 0. The molecule has 1 aliphatic heterocycles. The minimum absolute atomic E-state index is 0.241. The van der Waals surface area contributed by atoms with Crippen LogP contribution in [0.3, 0.4) is 0 Å². The first-order valence-electron chi connectivity index (χ1n) is 14.5. The second kappa shape index (κ2) is 17.4. The van der Waals surface area contributed by atoms with Crippen LogP contribution in [-0.4, -0.2) is 19.8 Å². The average molecular weight is 493 g/mol. The van der Waals surface area contributed by atoms with Crippen molar-refractivity contribution in [2.45, 2.75) is 96.7 Å². The molecule has 0 N–H and O–H groups in total. The average Bonchev–Trinajstić information content (AvgIpc) is 2.93. The van der Waals surface area contributed by atoms with E-state index in [2.05, 4.69) is 62.0 Å². The molecule has 0 spiro atoms. The van der Waals surface area contributed by atoms with Gasteiger partial charge in [-0.3, -0.25) is 0 Å². The maximum atomic E-state index is 6.09. The van der Waals surface area contributed by atoms with Crippen LogP contribution in [0.1, 0.15) is 102 Å². The normalized spacial score (nSPS) is 17.7. The Labute approximate surface area is 220 Å². The van der Waals surface area contributed by atoms with Crippen molar-refractivity contribution in [3.63, 3.8) is 0 Å². The molecule has 0 radical (unpaired) electrons. The summed E-state index contributed by atoms with van der Waals surface area (Å²) in [5.41, 5.74) is 3.49. The minimum Gasteiger partial charge on any atom is -0.494 e. The molecular weight excluding hydrogens is 444 g/mol. The third-order valence-electron chi connectivity index (χ3n) is 7.12. The van der Waals surface area contributed by atoms with E-state index >= 15 is 0 Å². The van der Waals surface area contributed by atoms with Gasteiger partial charge in [-0.05, 0) is 48.9 Å². The molecule has 0 aliphatic carbocycles. The number of unbranched alkanes of at least 4 members (excludes halogenated alkanes) is 10. The molecule has 2 aromatic carbocycles. The van der Waals surface area contributed by atoms with Gasteiger partial charge in [-0.1, -0.05) is 107 Å². The first kappa shape index (κ1) is 28.5. The lowest BCUT2D eigenvalue weighted by atomic mass is 10.00. The quantitative estimate of drug-likeness (QED) is 0.153. The van der Waals surface area contributed by atoms with Gasteiger partial charge >= 0.3 is 0 Å². The largest absolute Gasteiger partial charge is 0.494 e. The first-order valence-corrected chi connectivity index (χ1v) is 14.5. The molecule has 0 saturated carbocycles. The van der Waals surface area contributed by atoms with Gasteiger partial charge in [-0.25, -0.2) is 0 Å². The van der Waals surface area contributed by atoms with Crippen LogP contribution in [0.15, 0.2) is 61.2 Å². The van der Waals surface area contributed by atoms with Crippen molar-refractivity contribution in [2.75, 3.05) is 19.8 Å². The van der Waals surface area contributed by atoms with Gasteiger partial charge in [0.15, 0.2) is 6.29 Å². The zero-order valence-corrected chi connectivity index (χ0v) is 22.6. The number of benzene rings is 2. The van der Waals surface area contributed by atoms with E-state index in [1.54, 1.807) is 0 Å². The van der Waals surface area contributed by atoms with Crippen LogP contribution in [0.2, 0.25) is 0 Å². The maximum absolute atomic E-state index is 6.09. The molecule has 0 unspecified atom stereocenters. The molecule has 0 aromatic heterocycles. The summed E-state index contributed by atoms with van der Waals surface area (Å²) in [5.74, 6) is 1.48. The van der Waals surface area contributed by atoms with E-state index in [4.69, 9.17) is 14.2 Å². The molecule has 0 atom stereocenters. The zero-order valence-electron chi connectivity index (χ0n) is 22.6. The van der Waals surface area contributed by atoms with E-state index in [1.165, 1.54) is 81.8 Å². The lowest BCUT2D eigenvalue weighted by Gasteiger charge is -2.29. The fourth-order valence-corrected chi connectivity index (χ4v) is 4.80. The van der Waals surface area contributed by atoms with Crippen LogP contribution in [0.5, 0.6) is 5.75 Å². The van der Waals surface area contributed by atoms with E-state index in [9.17, 15) is 0 Å². The predicted molar refractivity (Wildman–Crippen MR) is 151 cm³/mol. The third-order valence-corrected chi connectivity index (χ3v) is 7.12. The van der Waals surface area contributed by atoms with Crippen LogP contribution in [0.4, 0.5) is 0 Å². The lowest BCUT2D eigenvalue weighted by Crippen LogP contribution is -2.27. The Balaban J connectivity index is 1.31. The smallest absolute Gasteiger partial charge is 0.183 e. The van der Waals surface area contributed by atoms with Crippen molar-refractivity contribution >= 4 is 0 Å². The summed E-state index contributed by atoms with van der Waals surface area (Å²) in [4.78, 5) is 0. The Kier molecular flexibility index (Phi) is 13.7. The monoisotopic (exact) mass is 492 g/mol. The van der Waals surface area contributed by atoms with E-state index in [1.807, 2.05) is 6.08 Å². The second-order valence-corrected chi connectivity index (χ2v) is 10.3. The van der Waals surface area contributed by atoms with Crippen LogP contribution < -0.4 is 4.74 Å². The molecule has 3 nitrogen and oxygen atoms in total. The summed E-state index contributed by atoms with van der Waals surface area (Å²) in [6.07, 6.45) is 18.4. The summed E-state index contributed by atoms with van der Waals surface area (Å²) in [7, 11) is 0. The Morgan fingerprint density at radius 3 is 1.97 bits per heavy atom. The first-order chi connectivity index (χ1) is 17.8. The van der Waals surface area contributed by atoms with Crippen molar-refractivity contribution in [3.8, 4) is 16.9 Å². The standard InChI is InChI=1S/C33H48O3/c1-3-5-7-9-10-11-12-13-14-16-28-26-35-33(36-27-28)31-19-17-29(18-20-31)30-21-23-32(24-22-30)34-25-15-8-6-4-2/h3,17-24,28,33H,1,4-16,25-27H2,2H3/t28-,33-. The zero-order chi connectivity index (χ0) is 25.3. The van der Waals surface area contributed by atoms with Crippen molar-refractivity contribution in [1.82, 2.24) is 0 Å². The molecule has 36 heavy (non-hydrogen) atoms. The fraction of sp³-hybridized carbons (Fsp3) is 0.576. The molecule has 3 rings (SSSR count). The van der Waals surface area contributed by atoms with Gasteiger partial charge in [0, 0.05) is 11.5 Å². The Hall–Kier alpha value is -2.10. The SMILES string of the molecule is C=CCCCCCCCCC[C@H]1CO[C@H](c2ccc(-c3ccc(OCCCCCC)cc3)cc2)OC1. The van der Waals surface area contributed by atoms with E-state index in [-0.39, 0.29) is 6.29 Å². The second-order valence-electron chi connectivity index (χ2n) is 10.3. The molecule has 0 bridgehead atoms. The predicted octanol–water partition coefficient (Wildman–Crippen LogP) is 9.67. The summed E-state index contributed by atoms with van der Waals surface area (Å²) in [6, 6.07) is 17.0. The van der Waals surface area contributed by atoms with E-state index in [0.717, 1.165) is 44.0 Å². The number of hydrogen-bond donors (Lipinski definition) is 0. The highest BCUT2D eigenvalue weighted by molar-refractivity contribution is 5.64. The van der Waals surface area contributed by atoms with Crippen molar-refractivity contribution in [2.24, 2.45) is 5.92 Å². The fourth-order valence-electron chi connectivity index (χ4n) is 4.80. The molecule has 1 aliphatic rings. The lowest BCUT2D eigenvalue weighted by molar-refractivity contribution is -0.206. The van der Waals surface area contributed by atoms with Gasteiger partial charge < -0.3 is 14.2 Å². The van der Waals surface area contributed by atoms with Crippen LogP contribution in [0.25, 0.3) is 11.1 Å². The number of ether oxygens (including phenoxy) is 3. The Bertz CT molecular complexity index is 819. The number of allylic oxidation sites excluding steroid dienone is 1. The summed E-state index contributed by atoms with van der Waals surface area (Å²) in [6.45, 7) is 8.42. The van der Waals surface area contributed by atoms with Crippen LogP contribution in [-0.2, 0) is 9.47 Å². The Morgan fingerprint density at radius 2 is 1.33 bits per heavy atom. The molecule has 0 amide bonds. The highest BCUT2D eigenvalue weighted by atomic mass is 16.7. The van der Waals surface area contributed by atoms with Crippen molar-refractivity contribution in [3.05, 3.63) is 66.7 Å². The van der Waals surface area contributed by atoms with E-state index in [0.29, 0.717) is 5.92 Å². The highest BCUT2D eigenvalue weighted by Gasteiger charge is 2.23. The van der Waals surface area contributed by atoms with Gasteiger partial charge in [-0.15, -0.1) is 6.58 Å². The molecular formula is C33H48O3. The summed E-state index contributed by atoms with van der Waals surface area (Å²) < 4.78 is 18.0. The minimum atomic E-state index is -0.241. The molecule has 1 fully saturated rings. The van der Waals surface area contributed by atoms with Gasteiger partial charge in [0.05, 0.1) is 19.8 Å². The molecule has 1 heterocycles. The maximum Gasteiger partial charge on any atom is 0.183 e. The topological polar surface area (TPSA) is 27.7 Å².